The Bertz CT molecular complexity index is 2490. The molecule has 2 amide bonds. The van der Waals surface area contributed by atoms with Gasteiger partial charge in [0.15, 0.2) is 48.8 Å². The number of nitrogens with one attached hydrogen (secondary N) is 1. The Morgan fingerprint density at radius 1 is 0.548 bits per heavy atom. The first-order chi connectivity index (χ1) is 34.3. The van der Waals surface area contributed by atoms with Gasteiger partial charge in [-0.3, -0.25) is 14.4 Å². The third-order valence-corrected chi connectivity index (χ3v) is 9.79. The lowest BCUT2D eigenvalue weighted by atomic mass is 10.1. The number of hydrogen-bond donors (Lipinski definition) is 1. The maximum atomic E-state index is 13.7. The highest BCUT2D eigenvalue weighted by Crippen LogP contribution is 2.22. The van der Waals surface area contributed by atoms with Crippen LogP contribution in [0.1, 0.15) is 79.6 Å². The number of ether oxygens (including phenoxy) is 10. The molecule has 73 heavy (non-hydrogen) atoms. The van der Waals surface area contributed by atoms with E-state index < -0.39 is 114 Å². The lowest BCUT2D eigenvalue weighted by Crippen LogP contribution is -2.39. The molecule has 3 aromatic rings. The van der Waals surface area contributed by atoms with Crippen LogP contribution in [-0.2, 0) is 92.3 Å². The van der Waals surface area contributed by atoms with Crippen LogP contribution in [0, 0.1) is 0 Å². The molecule has 2 aromatic carbocycles. The van der Waals surface area contributed by atoms with Crippen LogP contribution < -0.4 is 10.1 Å². The topological polar surface area (TPSA) is 313 Å². The fraction of sp³-hybridized carbons (Fsp3) is 0.458. The van der Waals surface area contributed by atoms with E-state index in [2.05, 4.69) is 10.4 Å². The highest BCUT2D eigenvalue weighted by atomic mass is 16.7. The molecule has 25 heteroatoms. The van der Waals surface area contributed by atoms with Crippen molar-refractivity contribution < 1.29 is 100 Å². The second kappa shape index (κ2) is 27.9. The van der Waals surface area contributed by atoms with Crippen molar-refractivity contribution in [2.75, 3.05) is 25.6 Å². The number of hydrogen-bond acceptors (Lipinski definition) is 22. The fourth-order valence-electron chi connectivity index (χ4n) is 5.85. The zero-order valence-corrected chi connectivity index (χ0v) is 41.9. The molecule has 0 fully saturated rings. The molecule has 0 saturated carbocycles. The molecule has 1 N–H and O–H groups in total. The second-order valence-electron chi connectivity index (χ2n) is 15.9. The zero-order valence-electron chi connectivity index (χ0n) is 41.9. The Morgan fingerprint density at radius 2 is 0.973 bits per heavy atom. The van der Waals surface area contributed by atoms with Crippen LogP contribution >= 0.6 is 0 Å². The van der Waals surface area contributed by atoms with Crippen LogP contribution in [0.4, 0.5) is 10.5 Å². The molecular formula is C48H58N4O21. The van der Waals surface area contributed by atoms with Gasteiger partial charge in [-0.2, -0.15) is 5.10 Å². The predicted molar refractivity (Wildman–Crippen MR) is 247 cm³/mol. The number of anilines is 1. The molecule has 0 aliphatic rings. The predicted octanol–water partition coefficient (Wildman–Crippen LogP) is 3.27. The number of methoxy groups -OCH3 is 1. The zero-order chi connectivity index (χ0) is 54.7. The smallest absolute Gasteiger partial charge is 0.347 e. The molecule has 25 nitrogen and oxygen atoms in total. The maximum Gasteiger partial charge on any atom is 0.347 e. The first-order valence-corrected chi connectivity index (χ1v) is 22.4. The van der Waals surface area contributed by atoms with E-state index in [1.807, 2.05) is 0 Å². The summed E-state index contributed by atoms with van der Waals surface area (Å²) in [5.74, 6) is -9.16. The first-order valence-electron chi connectivity index (χ1n) is 22.4. The van der Waals surface area contributed by atoms with E-state index in [4.69, 9.17) is 47.4 Å². The van der Waals surface area contributed by atoms with Crippen LogP contribution in [0.15, 0.2) is 60.9 Å². The summed E-state index contributed by atoms with van der Waals surface area (Å²) >= 11 is 0. The SMILES string of the molecule is COc1cccc(CN(CCOC(=O)C(C)OC(=O)C(C)OC(=O)C(C)OC(=O)C(C)OC(C)=O)C(=O)Nc2ccc(-c3cnn(C(=O)C(C)OC(=O)C(C)OC(=O)C(C)OC(=O)C(C)OC(C)=O)c3)cc2)c1. The molecule has 0 aliphatic carbocycles. The first kappa shape index (κ1) is 58.9. The van der Waals surface area contributed by atoms with E-state index in [0.29, 0.717) is 28.1 Å². The molecule has 0 saturated heterocycles. The Balaban J connectivity index is 1.58. The van der Waals surface area contributed by atoms with Gasteiger partial charge in [0, 0.05) is 37.8 Å². The van der Waals surface area contributed by atoms with E-state index in [1.54, 1.807) is 48.5 Å². The van der Waals surface area contributed by atoms with E-state index in [1.165, 1.54) is 79.8 Å². The van der Waals surface area contributed by atoms with Gasteiger partial charge in [-0.05, 0) is 90.8 Å². The Morgan fingerprint density at radius 3 is 1.41 bits per heavy atom. The third-order valence-electron chi connectivity index (χ3n) is 9.79. The van der Waals surface area contributed by atoms with Crippen molar-refractivity contribution in [3.63, 3.8) is 0 Å². The number of urea groups is 1. The van der Waals surface area contributed by atoms with Crippen molar-refractivity contribution >= 4 is 71.3 Å². The van der Waals surface area contributed by atoms with Crippen molar-refractivity contribution in [2.45, 2.75) is 125 Å². The summed E-state index contributed by atoms with van der Waals surface area (Å²) in [6, 6.07) is 12.7. The minimum absolute atomic E-state index is 0.0312. The summed E-state index contributed by atoms with van der Waals surface area (Å²) in [6.45, 7) is 11.4. The standard InChI is InChI=1S/C48H58N4O21/c1-25(68-44(59)29(5)72-46(61)31(7)70-42(57)27(3)66-33(9)53)40(55)52-24-37(22-49-52)36-15-17-38(18-16-36)50-48(63)51(23-35-13-12-14-39(21-35)64-11)19-20-65-41(56)26(2)69-45(60)30(6)73-47(62)32(8)71-43(58)28(4)67-34(10)54/h12-18,21-22,24-32H,19-20,23H2,1-11H3,(H,50,63). The minimum atomic E-state index is -1.54. The molecule has 1 aromatic heterocycles. The Kier molecular flexibility index (Phi) is 22.5. The monoisotopic (exact) mass is 1030 g/mol. The van der Waals surface area contributed by atoms with Gasteiger partial charge in [-0.25, -0.2) is 43.0 Å². The highest BCUT2D eigenvalue weighted by Gasteiger charge is 2.32. The van der Waals surface area contributed by atoms with Crippen molar-refractivity contribution in [2.24, 2.45) is 0 Å². The van der Waals surface area contributed by atoms with Crippen molar-refractivity contribution in [3.05, 3.63) is 66.5 Å². The fourth-order valence-corrected chi connectivity index (χ4v) is 5.85. The summed E-state index contributed by atoms with van der Waals surface area (Å²) < 4.78 is 51.1. The lowest BCUT2D eigenvalue weighted by Gasteiger charge is -2.24. The number of carbonyl (C=O) groups is 11. The average Bonchev–Trinajstić information content (AvgIpc) is 3.83. The van der Waals surface area contributed by atoms with E-state index in [-0.39, 0.29) is 19.7 Å². The van der Waals surface area contributed by atoms with Gasteiger partial charge in [0.05, 0.1) is 19.9 Å². The normalized spacial score (nSPS) is 14.0. The molecule has 0 spiro atoms. The molecule has 1 heterocycles. The largest absolute Gasteiger partial charge is 0.497 e. The lowest BCUT2D eigenvalue weighted by molar-refractivity contribution is -0.184. The minimum Gasteiger partial charge on any atom is -0.497 e. The number of benzene rings is 2. The summed E-state index contributed by atoms with van der Waals surface area (Å²) in [7, 11) is 1.48. The average molecular weight is 1030 g/mol. The van der Waals surface area contributed by atoms with Gasteiger partial charge in [-0.15, -0.1) is 0 Å². The van der Waals surface area contributed by atoms with Gasteiger partial charge in [0.2, 0.25) is 0 Å². The summed E-state index contributed by atoms with van der Waals surface area (Å²) in [6.07, 6.45) is -8.70. The molecule has 3 rings (SSSR count). The van der Waals surface area contributed by atoms with Crippen molar-refractivity contribution in [1.29, 1.82) is 0 Å². The second-order valence-corrected chi connectivity index (χ2v) is 15.9. The molecular weight excluding hydrogens is 969 g/mol. The van der Waals surface area contributed by atoms with Gasteiger partial charge >= 0.3 is 59.8 Å². The quantitative estimate of drug-likeness (QED) is 0.0994. The summed E-state index contributed by atoms with van der Waals surface area (Å²) in [5.41, 5.74) is 2.06. The van der Waals surface area contributed by atoms with Crippen LogP contribution in [0.3, 0.4) is 0 Å². The van der Waals surface area contributed by atoms with Gasteiger partial charge in [0.1, 0.15) is 12.4 Å². The number of aromatic nitrogens is 2. The number of nitrogens with zero attached hydrogens (tertiary/aromatic N) is 3. The van der Waals surface area contributed by atoms with Crippen LogP contribution in [-0.4, -0.2) is 149 Å². The molecule has 0 bridgehead atoms. The molecule has 0 aliphatic heterocycles. The highest BCUT2D eigenvalue weighted by molar-refractivity contribution is 5.91. The van der Waals surface area contributed by atoms with E-state index >= 15 is 0 Å². The number of esters is 9. The molecule has 8 unspecified atom stereocenters. The number of carbonyl (C=O) groups excluding carboxylic acids is 11. The molecule has 0 radical (unpaired) electrons. The van der Waals surface area contributed by atoms with Gasteiger partial charge in [0.25, 0.3) is 5.91 Å². The summed E-state index contributed by atoms with van der Waals surface area (Å²) in [5, 5.41) is 6.86. The number of rotatable bonds is 24. The molecule has 396 valence electrons. The van der Waals surface area contributed by atoms with E-state index in [9.17, 15) is 52.7 Å². The van der Waals surface area contributed by atoms with Gasteiger partial charge < -0.3 is 57.6 Å². The molecule has 8 atom stereocenters. The Labute approximate surface area is 418 Å². The maximum absolute atomic E-state index is 13.7. The Hall–Kier alpha value is -8.38. The van der Waals surface area contributed by atoms with E-state index in [0.717, 1.165) is 18.5 Å². The summed E-state index contributed by atoms with van der Waals surface area (Å²) in [4.78, 5) is 138. The van der Waals surface area contributed by atoms with Crippen LogP contribution in [0.5, 0.6) is 5.75 Å². The van der Waals surface area contributed by atoms with Crippen molar-refractivity contribution in [3.8, 4) is 16.9 Å². The van der Waals surface area contributed by atoms with Crippen molar-refractivity contribution in [1.82, 2.24) is 14.7 Å². The van der Waals surface area contributed by atoms with Crippen LogP contribution in [0.2, 0.25) is 0 Å². The number of amides is 2. The third kappa shape index (κ3) is 19.0. The van der Waals surface area contributed by atoms with Crippen LogP contribution in [0.25, 0.3) is 11.1 Å². The van der Waals surface area contributed by atoms with Gasteiger partial charge in [-0.1, -0.05) is 24.3 Å².